The number of hydrogen-bond acceptors (Lipinski definition) is 4. The van der Waals surface area contributed by atoms with Crippen molar-refractivity contribution in [3.05, 3.63) is 114 Å². The first-order valence-electron chi connectivity index (χ1n) is 11.6. The maximum absolute atomic E-state index is 13.0. The highest BCUT2D eigenvalue weighted by molar-refractivity contribution is 6.06. The molecule has 0 radical (unpaired) electrons. The number of phenolic OH excluding ortho intramolecular Hbond substituents is 1. The van der Waals surface area contributed by atoms with E-state index in [2.05, 4.69) is 5.32 Å². The molecule has 4 rings (SSSR count). The summed E-state index contributed by atoms with van der Waals surface area (Å²) in [5.41, 5.74) is 5.76. The summed E-state index contributed by atoms with van der Waals surface area (Å²) < 4.78 is 0. The molecular formula is C30H29N3O3. The van der Waals surface area contributed by atoms with Gasteiger partial charge in [-0.2, -0.15) is 0 Å². The second-order valence-corrected chi connectivity index (χ2v) is 8.78. The first-order chi connectivity index (χ1) is 17.3. The Balaban J connectivity index is 1.38. The Labute approximate surface area is 211 Å². The fraction of sp³-hybridized carbons (Fsp3) is 0.133. The fourth-order valence-electron chi connectivity index (χ4n) is 3.84. The topological polar surface area (TPSA) is 72.9 Å². The minimum absolute atomic E-state index is 0.102. The van der Waals surface area contributed by atoms with Crippen molar-refractivity contribution < 1.29 is 14.7 Å². The van der Waals surface area contributed by atoms with E-state index in [0.29, 0.717) is 17.7 Å². The molecule has 0 heterocycles. The molecule has 4 aromatic carbocycles. The lowest BCUT2D eigenvalue weighted by Crippen LogP contribution is -2.27. The SMILES string of the molecule is CN(C)c1ccc(C(=O)N(C)c2cccc(CNC(=O)c3ccc(-c4ccc(O)cc4)cc3)c2)cc1. The Bertz CT molecular complexity index is 1350. The summed E-state index contributed by atoms with van der Waals surface area (Å²) in [4.78, 5) is 29.2. The molecular weight excluding hydrogens is 450 g/mol. The Hall–Kier alpha value is -4.58. The number of nitrogens with zero attached hydrogens (tertiary/aromatic N) is 2. The van der Waals surface area contributed by atoms with Crippen LogP contribution in [0.1, 0.15) is 26.3 Å². The molecule has 6 nitrogen and oxygen atoms in total. The highest BCUT2D eigenvalue weighted by Gasteiger charge is 2.14. The van der Waals surface area contributed by atoms with Gasteiger partial charge in [0.1, 0.15) is 5.75 Å². The van der Waals surface area contributed by atoms with Crippen LogP contribution in [0, 0.1) is 0 Å². The van der Waals surface area contributed by atoms with E-state index in [4.69, 9.17) is 0 Å². The van der Waals surface area contributed by atoms with Crippen LogP contribution in [0.25, 0.3) is 11.1 Å². The van der Waals surface area contributed by atoms with Crippen molar-refractivity contribution in [2.24, 2.45) is 0 Å². The van der Waals surface area contributed by atoms with Gasteiger partial charge in [-0.3, -0.25) is 9.59 Å². The summed E-state index contributed by atoms with van der Waals surface area (Å²) in [6.45, 7) is 0.339. The zero-order valence-corrected chi connectivity index (χ0v) is 20.6. The summed E-state index contributed by atoms with van der Waals surface area (Å²) in [5, 5.41) is 12.4. The van der Waals surface area contributed by atoms with Crippen LogP contribution >= 0.6 is 0 Å². The zero-order chi connectivity index (χ0) is 25.7. The largest absolute Gasteiger partial charge is 0.508 e. The third kappa shape index (κ3) is 5.73. The first kappa shape index (κ1) is 24.5. The molecule has 6 heteroatoms. The quantitative estimate of drug-likeness (QED) is 0.376. The van der Waals surface area contributed by atoms with Gasteiger partial charge in [0.2, 0.25) is 0 Å². The number of benzene rings is 4. The van der Waals surface area contributed by atoms with Gasteiger partial charge >= 0.3 is 0 Å². The number of hydrogen-bond donors (Lipinski definition) is 2. The van der Waals surface area contributed by atoms with Crippen molar-refractivity contribution in [2.75, 3.05) is 30.9 Å². The molecule has 0 aromatic heterocycles. The van der Waals surface area contributed by atoms with Crippen molar-refractivity contribution >= 4 is 23.2 Å². The third-order valence-corrected chi connectivity index (χ3v) is 6.03. The fourth-order valence-corrected chi connectivity index (χ4v) is 3.84. The Kier molecular flexibility index (Phi) is 7.35. The molecule has 0 spiro atoms. The van der Waals surface area contributed by atoms with E-state index >= 15 is 0 Å². The molecule has 0 saturated carbocycles. The van der Waals surface area contributed by atoms with Crippen molar-refractivity contribution in [2.45, 2.75) is 6.54 Å². The lowest BCUT2D eigenvalue weighted by Gasteiger charge is -2.19. The molecule has 2 N–H and O–H groups in total. The minimum Gasteiger partial charge on any atom is -0.508 e. The van der Waals surface area contributed by atoms with Crippen molar-refractivity contribution in [3.8, 4) is 16.9 Å². The van der Waals surface area contributed by atoms with Gasteiger partial charge in [0.15, 0.2) is 0 Å². The Morgan fingerprint density at radius 3 is 1.92 bits per heavy atom. The molecule has 4 aromatic rings. The summed E-state index contributed by atoms with van der Waals surface area (Å²) in [6.07, 6.45) is 0. The van der Waals surface area contributed by atoms with Crippen molar-refractivity contribution in [1.82, 2.24) is 5.32 Å². The van der Waals surface area contributed by atoms with Gasteiger partial charge in [-0.1, -0.05) is 36.4 Å². The molecule has 0 atom stereocenters. The average Bonchev–Trinajstić information content (AvgIpc) is 2.91. The summed E-state index contributed by atoms with van der Waals surface area (Å²) >= 11 is 0. The van der Waals surface area contributed by atoms with Crippen LogP contribution in [-0.2, 0) is 6.54 Å². The predicted molar refractivity (Wildman–Crippen MR) is 145 cm³/mol. The maximum Gasteiger partial charge on any atom is 0.258 e. The van der Waals surface area contributed by atoms with E-state index in [1.807, 2.05) is 91.8 Å². The molecule has 0 saturated heterocycles. The molecule has 0 aliphatic rings. The standard InChI is InChI=1S/C30H29N3O3/c1-32(2)26-15-11-25(12-16-26)30(36)33(3)27-6-4-5-21(19-27)20-31-29(35)24-9-7-22(8-10-24)23-13-17-28(34)18-14-23/h4-19,34H,20H2,1-3H3,(H,31,35). The van der Waals surface area contributed by atoms with Crippen LogP contribution < -0.4 is 15.1 Å². The predicted octanol–water partition coefficient (Wildman–Crippen LogP) is 5.33. The van der Waals surface area contributed by atoms with Crippen molar-refractivity contribution in [3.63, 3.8) is 0 Å². The van der Waals surface area contributed by atoms with E-state index in [-0.39, 0.29) is 17.6 Å². The number of aromatic hydroxyl groups is 1. The smallest absolute Gasteiger partial charge is 0.258 e. The summed E-state index contributed by atoms with van der Waals surface area (Å²) in [7, 11) is 5.66. The van der Waals surface area contributed by atoms with E-state index in [9.17, 15) is 14.7 Å². The van der Waals surface area contributed by atoms with E-state index in [1.165, 1.54) is 0 Å². The Morgan fingerprint density at radius 2 is 1.31 bits per heavy atom. The number of carbonyl (C=O) groups is 2. The zero-order valence-electron chi connectivity index (χ0n) is 20.6. The van der Waals surface area contributed by atoms with Crippen LogP contribution in [-0.4, -0.2) is 38.1 Å². The van der Waals surface area contributed by atoms with Gasteiger partial charge in [0, 0.05) is 50.2 Å². The third-order valence-electron chi connectivity index (χ3n) is 6.03. The van der Waals surface area contributed by atoms with Gasteiger partial charge in [0.05, 0.1) is 0 Å². The molecule has 2 amide bonds. The van der Waals surface area contributed by atoms with E-state index in [0.717, 1.165) is 28.1 Å². The lowest BCUT2D eigenvalue weighted by molar-refractivity contribution is 0.0949. The highest BCUT2D eigenvalue weighted by atomic mass is 16.3. The van der Waals surface area contributed by atoms with Crippen LogP contribution in [0.3, 0.4) is 0 Å². The summed E-state index contributed by atoms with van der Waals surface area (Å²) in [5.74, 6) is -0.0636. The second-order valence-electron chi connectivity index (χ2n) is 8.78. The van der Waals surface area contributed by atoms with Crippen LogP contribution in [0.4, 0.5) is 11.4 Å². The van der Waals surface area contributed by atoms with Gasteiger partial charge < -0.3 is 20.2 Å². The Morgan fingerprint density at radius 1 is 0.722 bits per heavy atom. The van der Waals surface area contributed by atoms with E-state index < -0.39 is 0 Å². The number of nitrogens with one attached hydrogen (secondary N) is 1. The van der Waals surface area contributed by atoms with Crippen LogP contribution in [0.15, 0.2) is 97.1 Å². The first-order valence-corrected chi connectivity index (χ1v) is 11.6. The molecule has 0 aliphatic carbocycles. The second kappa shape index (κ2) is 10.8. The van der Waals surface area contributed by atoms with Crippen LogP contribution in [0.5, 0.6) is 5.75 Å². The number of amides is 2. The van der Waals surface area contributed by atoms with E-state index in [1.54, 1.807) is 36.2 Å². The van der Waals surface area contributed by atoms with Gasteiger partial charge in [-0.25, -0.2) is 0 Å². The molecule has 0 unspecified atom stereocenters. The van der Waals surface area contributed by atoms with Gasteiger partial charge in [-0.05, 0) is 77.4 Å². The monoisotopic (exact) mass is 479 g/mol. The van der Waals surface area contributed by atoms with Crippen molar-refractivity contribution in [1.29, 1.82) is 0 Å². The minimum atomic E-state index is -0.178. The molecule has 0 aliphatic heterocycles. The average molecular weight is 480 g/mol. The van der Waals surface area contributed by atoms with Gasteiger partial charge in [-0.15, -0.1) is 0 Å². The number of anilines is 2. The van der Waals surface area contributed by atoms with Crippen LogP contribution in [0.2, 0.25) is 0 Å². The number of carbonyl (C=O) groups excluding carboxylic acids is 2. The molecule has 36 heavy (non-hydrogen) atoms. The van der Waals surface area contributed by atoms with Gasteiger partial charge in [0.25, 0.3) is 11.8 Å². The number of phenols is 1. The normalized spacial score (nSPS) is 10.5. The molecule has 0 fully saturated rings. The molecule has 0 bridgehead atoms. The molecule has 182 valence electrons. The maximum atomic E-state index is 13.0. The highest BCUT2D eigenvalue weighted by Crippen LogP contribution is 2.23. The summed E-state index contributed by atoms with van der Waals surface area (Å²) in [6, 6.07) is 29.3. The number of rotatable bonds is 7. The lowest BCUT2D eigenvalue weighted by atomic mass is 10.0.